The van der Waals surface area contributed by atoms with Gasteiger partial charge in [0.1, 0.15) is 5.69 Å². The van der Waals surface area contributed by atoms with Crippen LogP contribution in [0, 0.1) is 0 Å². The molecule has 3 N–H and O–H groups in total. The Balaban J connectivity index is 1.60. The molecule has 0 atom stereocenters. The van der Waals surface area contributed by atoms with Crippen LogP contribution in [0.25, 0.3) is 5.52 Å². The quantitative estimate of drug-likeness (QED) is 0.359. The van der Waals surface area contributed by atoms with Crippen molar-refractivity contribution in [2.75, 3.05) is 5.32 Å². The van der Waals surface area contributed by atoms with Gasteiger partial charge in [0.15, 0.2) is 0 Å². The van der Waals surface area contributed by atoms with E-state index in [1.165, 1.54) is 18.3 Å². The normalized spacial score (nSPS) is 10.7. The standard InChI is InChI=1S/C23H17ClN4O3/c24-15-6-4-14(5-7-15)11-17-12-18(20-3-1-2-10-28(17)20)21(29)23(31)27-16-8-9-19(22(25)30)26-13-16/h1-10,12-13H,11H2,(H2,25,30)(H,27,31). The maximum atomic E-state index is 12.9. The predicted octanol–water partition coefficient (Wildman–Crippen LogP) is 3.50. The van der Waals surface area contributed by atoms with E-state index in [1.807, 2.05) is 47.0 Å². The number of carbonyl (C=O) groups is 3. The Morgan fingerprint density at radius 1 is 1.03 bits per heavy atom. The summed E-state index contributed by atoms with van der Waals surface area (Å²) in [7, 11) is 0. The first-order valence-electron chi connectivity index (χ1n) is 9.37. The molecular weight excluding hydrogens is 416 g/mol. The SMILES string of the molecule is NC(=O)c1ccc(NC(=O)C(=O)c2cc(Cc3ccc(Cl)cc3)n3ccccc23)cn1. The van der Waals surface area contributed by atoms with Gasteiger partial charge in [0.2, 0.25) is 0 Å². The van der Waals surface area contributed by atoms with E-state index in [0.29, 0.717) is 22.5 Å². The van der Waals surface area contributed by atoms with Crippen molar-refractivity contribution in [2.45, 2.75) is 6.42 Å². The lowest BCUT2D eigenvalue weighted by Crippen LogP contribution is -2.23. The summed E-state index contributed by atoms with van der Waals surface area (Å²) in [5.41, 5.74) is 8.32. The zero-order chi connectivity index (χ0) is 22.0. The van der Waals surface area contributed by atoms with Crippen LogP contribution in [0.15, 0.2) is 73.1 Å². The number of ketones is 1. The third kappa shape index (κ3) is 4.31. The van der Waals surface area contributed by atoms with Gasteiger partial charge in [0, 0.05) is 23.3 Å². The fourth-order valence-corrected chi connectivity index (χ4v) is 3.40. The van der Waals surface area contributed by atoms with E-state index >= 15 is 0 Å². The van der Waals surface area contributed by atoms with Crippen molar-refractivity contribution in [3.05, 3.63) is 101 Å². The Kier molecular flexibility index (Phi) is 5.51. The first-order chi connectivity index (χ1) is 14.9. The van der Waals surface area contributed by atoms with E-state index in [4.69, 9.17) is 17.3 Å². The number of nitrogens with one attached hydrogen (secondary N) is 1. The summed E-state index contributed by atoms with van der Waals surface area (Å²) in [5.74, 6) is -2.16. The Labute approximate surface area is 182 Å². The zero-order valence-corrected chi connectivity index (χ0v) is 17.0. The number of fused-ring (bicyclic) bond motifs is 1. The molecule has 8 heteroatoms. The molecule has 0 unspecified atom stereocenters. The van der Waals surface area contributed by atoms with Gasteiger partial charge in [-0.15, -0.1) is 0 Å². The van der Waals surface area contributed by atoms with Crippen LogP contribution in [0.2, 0.25) is 5.02 Å². The molecule has 0 fully saturated rings. The van der Waals surface area contributed by atoms with Gasteiger partial charge in [0.25, 0.3) is 17.6 Å². The van der Waals surface area contributed by atoms with Gasteiger partial charge in [0.05, 0.1) is 23.0 Å². The monoisotopic (exact) mass is 432 g/mol. The number of amides is 2. The second-order valence-electron chi connectivity index (χ2n) is 6.89. The molecule has 154 valence electrons. The number of nitrogens with two attached hydrogens (primary N) is 1. The minimum absolute atomic E-state index is 0.0644. The van der Waals surface area contributed by atoms with Crippen LogP contribution in [0.1, 0.15) is 32.1 Å². The summed E-state index contributed by atoms with van der Waals surface area (Å²) in [5, 5.41) is 3.16. The predicted molar refractivity (Wildman–Crippen MR) is 117 cm³/mol. The molecule has 0 aliphatic heterocycles. The van der Waals surface area contributed by atoms with E-state index in [-0.39, 0.29) is 11.4 Å². The lowest BCUT2D eigenvalue weighted by Gasteiger charge is -2.04. The van der Waals surface area contributed by atoms with Crippen LogP contribution in [-0.2, 0) is 11.2 Å². The molecule has 0 spiro atoms. The Morgan fingerprint density at radius 2 is 1.81 bits per heavy atom. The molecule has 0 radical (unpaired) electrons. The molecule has 0 aliphatic carbocycles. The molecular formula is C23H17ClN4O3. The third-order valence-electron chi connectivity index (χ3n) is 4.78. The number of primary amides is 1. The van der Waals surface area contributed by atoms with Crippen LogP contribution in [0.5, 0.6) is 0 Å². The number of benzene rings is 1. The van der Waals surface area contributed by atoms with Crippen LogP contribution >= 0.6 is 11.6 Å². The first kappa shape index (κ1) is 20.3. The maximum Gasteiger partial charge on any atom is 0.296 e. The number of rotatable bonds is 6. The van der Waals surface area contributed by atoms with Crippen molar-refractivity contribution in [3.63, 3.8) is 0 Å². The number of pyridine rings is 2. The van der Waals surface area contributed by atoms with Crippen molar-refractivity contribution in [1.29, 1.82) is 0 Å². The lowest BCUT2D eigenvalue weighted by atomic mass is 10.1. The molecule has 4 rings (SSSR count). The van der Waals surface area contributed by atoms with Crippen molar-refractivity contribution >= 4 is 40.4 Å². The van der Waals surface area contributed by atoms with E-state index < -0.39 is 17.6 Å². The summed E-state index contributed by atoms with van der Waals surface area (Å²) in [6.07, 6.45) is 3.69. The fraction of sp³-hybridized carbons (Fsp3) is 0.0435. The minimum Gasteiger partial charge on any atom is -0.364 e. The molecule has 0 saturated heterocycles. The smallest absolute Gasteiger partial charge is 0.296 e. The van der Waals surface area contributed by atoms with Gasteiger partial charge in [-0.3, -0.25) is 14.4 Å². The summed E-state index contributed by atoms with van der Waals surface area (Å²) in [6, 6.07) is 17.5. The average Bonchev–Trinajstić information content (AvgIpc) is 3.13. The highest BCUT2D eigenvalue weighted by Gasteiger charge is 2.22. The molecule has 31 heavy (non-hydrogen) atoms. The molecule has 7 nitrogen and oxygen atoms in total. The van der Waals surface area contributed by atoms with Crippen LogP contribution < -0.4 is 11.1 Å². The van der Waals surface area contributed by atoms with Crippen molar-refractivity contribution < 1.29 is 14.4 Å². The van der Waals surface area contributed by atoms with E-state index in [1.54, 1.807) is 12.1 Å². The van der Waals surface area contributed by atoms with Gasteiger partial charge in [-0.2, -0.15) is 0 Å². The van der Waals surface area contributed by atoms with Crippen molar-refractivity contribution in [2.24, 2.45) is 5.73 Å². The Bertz CT molecular complexity index is 1290. The Hall–Kier alpha value is -3.97. The number of nitrogens with zero attached hydrogens (tertiary/aromatic N) is 2. The van der Waals surface area contributed by atoms with Crippen molar-refractivity contribution in [1.82, 2.24) is 9.38 Å². The number of Topliss-reactive ketones (excluding diaryl/α,β-unsaturated/α-hetero) is 1. The Morgan fingerprint density at radius 3 is 2.48 bits per heavy atom. The van der Waals surface area contributed by atoms with Gasteiger partial charge in [-0.1, -0.05) is 29.8 Å². The van der Waals surface area contributed by atoms with Crippen LogP contribution in [-0.4, -0.2) is 27.0 Å². The van der Waals surface area contributed by atoms with Crippen LogP contribution in [0.3, 0.4) is 0 Å². The number of hydrogen-bond donors (Lipinski definition) is 2. The van der Waals surface area contributed by atoms with Gasteiger partial charge in [-0.05, 0) is 48.0 Å². The molecule has 3 heterocycles. The molecule has 0 bridgehead atoms. The molecule has 0 aliphatic rings. The zero-order valence-electron chi connectivity index (χ0n) is 16.2. The summed E-state index contributed by atoms with van der Waals surface area (Å²) in [4.78, 5) is 40.5. The van der Waals surface area contributed by atoms with Crippen LogP contribution in [0.4, 0.5) is 5.69 Å². The highest BCUT2D eigenvalue weighted by Crippen LogP contribution is 2.22. The largest absolute Gasteiger partial charge is 0.364 e. The van der Waals surface area contributed by atoms with Crippen molar-refractivity contribution in [3.8, 4) is 0 Å². The second-order valence-corrected chi connectivity index (χ2v) is 7.32. The van der Waals surface area contributed by atoms with Gasteiger partial charge in [-0.25, -0.2) is 4.98 Å². The number of carbonyl (C=O) groups excluding carboxylic acids is 3. The first-order valence-corrected chi connectivity index (χ1v) is 9.75. The molecule has 0 saturated carbocycles. The highest BCUT2D eigenvalue weighted by molar-refractivity contribution is 6.47. The van der Waals surface area contributed by atoms with E-state index in [9.17, 15) is 14.4 Å². The number of halogens is 1. The maximum absolute atomic E-state index is 12.9. The minimum atomic E-state index is -0.803. The second kappa shape index (κ2) is 8.41. The van der Waals surface area contributed by atoms with E-state index in [0.717, 1.165) is 11.3 Å². The fourth-order valence-electron chi connectivity index (χ4n) is 3.28. The molecule has 1 aromatic carbocycles. The third-order valence-corrected chi connectivity index (χ3v) is 5.03. The highest BCUT2D eigenvalue weighted by atomic mass is 35.5. The summed E-state index contributed by atoms with van der Waals surface area (Å²) >= 11 is 5.96. The molecule has 4 aromatic rings. The van der Waals surface area contributed by atoms with Gasteiger partial charge < -0.3 is 15.5 Å². The average molecular weight is 433 g/mol. The van der Waals surface area contributed by atoms with E-state index in [2.05, 4.69) is 10.3 Å². The number of aromatic nitrogens is 2. The molecule has 2 amide bonds. The van der Waals surface area contributed by atoms with Gasteiger partial charge >= 0.3 is 0 Å². The number of hydrogen-bond acceptors (Lipinski definition) is 4. The summed E-state index contributed by atoms with van der Waals surface area (Å²) in [6.45, 7) is 0. The number of anilines is 1. The summed E-state index contributed by atoms with van der Waals surface area (Å²) < 4.78 is 1.89. The lowest BCUT2D eigenvalue weighted by molar-refractivity contribution is -0.112. The topological polar surface area (TPSA) is 107 Å². The molecule has 3 aromatic heterocycles.